The molecule has 2 unspecified atom stereocenters. The molecule has 4 heteroatoms. The Labute approximate surface area is 126 Å². The molecule has 112 valence electrons. The third-order valence-electron chi connectivity index (χ3n) is 3.86. The van der Waals surface area contributed by atoms with E-state index in [1.165, 1.54) is 12.8 Å². The van der Waals surface area contributed by atoms with Gasteiger partial charge in [-0.15, -0.1) is 0 Å². The normalized spacial score (nSPS) is 21.1. The van der Waals surface area contributed by atoms with Gasteiger partial charge in [0.05, 0.1) is 12.7 Å². The fraction of sp³-hybridized carbons (Fsp3) is 0.625. The van der Waals surface area contributed by atoms with Gasteiger partial charge in [-0.25, -0.2) is 0 Å². The van der Waals surface area contributed by atoms with Gasteiger partial charge in [0, 0.05) is 24.7 Å². The van der Waals surface area contributed by atoms with E-state index in [1.54, 1.807) is 0 Å². The van der Waals surface area contributed by atoms with Crippen molar-refractivity contribution in [3.8, 4) is 0 Å². The third kappa shape index (κ3) is 5.06. The van der Waals surface area contributed by atoms with Crippen molar-refractivity contribution >= 4 is 11.6 Å². The van der Waals surface area contributed by atoms with Crippen LogP contribution in [0.4, 0.5) is 0 Å². The van der Waals surface area contributed by atoms with Crippen LogP contribution in [-0.2, 0) is 4.74 Å². The predicted octanol–water partition coefficient (Wildman–Crippen LogP) is 3.12. The minimum atomic E-state index is -0.419. The molecule has 0 spiro atoms. The summed E-state index contributed by atoms with van der Waals surface area (Å²) < 4.78 is 5.50. The summed E-state index contributed by atoms with van der Waals surface area (Å²) in [5.41, 5.74) is 0.934. The van der Waals surface area contributed by atoms with Crippen molar-refractivity contribution < 1.29 is 9.84 Å². The van der Waals surface area contributed by atoms with Gasteiger partial charge >= 0.3 is 0 Å². The van der Waals surface area contributed by atoms with E-state index in [9.17, 15) is 5.11 Å². The molecular formula is C16H24ClNO2. The molecule has 1 N–H and O–H groups in total. The number of aliphatic hydroxyl groups is 1. The molecule has 0 saturated carbocycles. The molecule has 1 heterocycles. The van der Waals surface area contributed by atoms with Crippen molar-refractivity contribution in [3.05, 3.63) is 34.9 Å². The summed E-state index contributed by atoms with van der Waals surface area (Å²) in [7, 11) is 2.11. The van der Waals surface area contributed by atoms with E-state index in [0.29, 0.717) is 10.9 Å². The molecule has 20 heavy (non-hydrogen) atoms. The van der Waals surface area contributed by atoms with E-state index < -0.39 is 6.10 Å². The van der Waals surface area contributed by atoms with Gasteiger partial charge in [0.1, 0.15) is 0 Å². The minimum Gasteiger partial charge on any atom is -0.388 e. The van der Waals surface area contributed by atoms with Crippen molar-refractivity contribution in [2.75, 3.05) is 33.4 Å². The fourth-order valence-corrected chi connectivity index (χ4v) is 2.80. The molecule has 1 aromatic carbocycles. The summed E-state index contributed by atoms with van der Waals surface area (Å²) in [6, 6.07) is 7.43. The maximum absolute atomic E-state index is 10.2. The second kappa shape index (κ2) is 7.99. The lowest BCUT2D eigenvalue weighted by atomic mass is 10.0. The van der Waals surface area contributed by atoms with E-state index in [2.05, 4.69) is 11.9 Å². The lowest BCUT2D eigenvalue weighted by Gasteiger charge is -2.27. The van der Waals surface area contributed by atoms with Gasteiger partial charge in [-0.2, -0.15) is 0 Å². The van der Waals surface area contributed by atoms with E-state index >= 15 is 0 Å². The maximum Gasteiger partial charge on any atom is 0.0802 e. The molecule has 1 aliphatic rings. The van der Waals surface area contributed by atoms with Gasteiger partial charge in [-0.1, -0.05) is 23.7 Å². The number of halogens is 1. The Morgan fingerprint density at radius 1 is 1.40 bits per heavy atom. The lowest BCUT2D eigenvalue weighted by molar-refractivity contribution is 0.0399. The summed E-state index contributed by atoms with van der Waals surface area (Å²) >= 11 is 5.85. The van der Waals surface area contributed by atoms with E-state index in [0.717, 1.165) is 38.3 Å². The summed E-state index contributed by atoms with van der Waals surface area (Å²) in [5.74, 6) is 0.640. The van der Waals surface area contributed by atoms with E-state index in [1.807, 2.05) is 24.3 Å². The zero-order valence-corrected chi connectivity index (χ0v) is 12.9. The van der Waals surface area contributed by atoms with Crippen LogP contribution in [0.1, 0.15) is 30.9 Å². The quantitative estimate of drug-likeness (QED) is 0.876. The standard InChI is InChI=1S/C16H24ClNO2/c1-18(11-13-3-2-10-20-12-13)9-8-16(19)14-4-6-15(17)7-5-14/h4-7,13,16,19H,2-3,8-12H2,1H3. The van der Waals surface area contributed by atoms with Crippen LogP contribution < -0.4 is 0 Å². The molecule has 0 amide bonds. The first kappa shape index (κ1) is 15.8. The minimum absolute atomic E-state index is 0.419. The fourth-order valence-electron chi connectivity index (χ4n) is 2.68. The van der Waals surface area contributed by atoms with Crippen LogP contribution in [0.2, 0.25) is 5.02 Å². The zero-order chi connectivity index (χ0) is 14.4. The average molecular weight is 298 g/mol. The van der Waals surface area contributed by atoms with Crippen molar-refractivity contribution in [1.82, 2.24) is 4.90 Å². The SMILES string of the molecule is CN(CCC(O)c1ccc(Cl)cc1)CC1CCCOC1. The number of hydrogen-bond acceptors (Lipinski definition) is 3. The molecule has 3 nitrogen and oxygen atoms in total. The molecule has 0 aromatic heterocycles. The monoisotopic (exact) mass is 297 g/mol. The lowest BCUT2D eigenvalue weighted by Crippen LogP contribution is -2.32. The highest BCUT2D eigenvalue weighted by molar-refractivity contribution is 6.30. The molecular weight excluding hydrogens is 274 g/mol. The molecule has 1 aromatic rings. The summed E-state index contributed by atoms with van der Waals surface area (Å²) in [5, 5.41) is 10.9. The van der Waals surface area contributed by atoms with Gasteiger partial charge in [0.25, 0.3) is 0 Å². The van der Waals surface area contributed by atoms with Crippen molar-refractivity contribution in [1.29, 1.82) is 0 Å². The highest BCUT2D eigenvalue weighted by Crippen LogP contribution is 2.20. The molecule has 2 atom stereocenters. The Morgan fingerprint density at radius 3 is 2.80 bits per heavy atom. The summed E-state index contributed by atoms with van der Waals surface area (Å²) in [6.45, 7) is 3.73. The zero-order valence-electron chi connectivity index (χ0n) is 12.1. The number of benzene rings is 1. The van der Waals surface area contributed by atoms with Gasteiger partial charge in [0.15, 0.2) is 0 Å². The highest BCUT2D eigenvalue weighted by atomic mass is 35.5. The first-order valence-corrected chi connectivity index (χ1v) is 7.73. The second-order valence-corrected chi connectivity index (χ2v) is 6.14. The van der Waals surface area contributed by atoms with Gasteiger partial charge in [-0.3, -0.25) is 0 Å². The molecule has 1 aliphatic heterocycles. The smallest absolute Gasteiger partial charge is 0.0802 e. The van der Waals surface area contributed by atoms with Crippen LogP contribution in [0.3, 0.4) is 0 Å². The summed E-state index contributed by atoms with van der Waals surface area (Å²) in [6.07, 6.45) is 2.75. The Balaban J connectivity index is 1.71. The summed E-state index contributed by atoms with van der Waals surface area (Å²) in [4.78, 5) is 2.29. The average Bonchev–Trinajstić information content (AvgIpc) is 2.46. The molecule has 0 bridgehead atoms. The third-order valence-corrected chi connectivity index (χ3v) is 4.12. The Hall–Kier alpha value is -0.610. The van der Waals surface area contributed by atoms with Crippen molar-refractivity contribution in [2.45, 2.75) is 25.4 Å². The van der Waals surface area contributed by atoms with Crippen LogP contribution in [-0.4, -0.2) is 43.4 Å². The van der Waals surface area contributed by atoms with Gasteiger partial charge in [-0.05, 0) is 49.9 Å². The second-order valence-electron chi connectivity index (χ2n) is 5.70. The number of rotatable bonds is 6. The molecule has 0 aliphatic carbocycles. The van der Waals surface area contributed by atoms with Gasteiger partial charge < -0.3 is 14.7 Å². The van der Waals surface area contributed by atoms with Crippen molar-refractivity contribution in [3.63, 3.8) is 0 Å². The largest absolute Gasteiger partial charge is 0.388 e. The first-order chi connectivity index (χ1) is 9.65. The van der Waals surface area contributed by atoms with Crippen molar-refractivity contribution in [2.24, 2.45) is 5.92 Å². The van der Waals surface area contributed by atoms with Crippen LogP contribution >= 0.6 is 11.6 Å². The Kier molecular flexibility index (Phi) is 6.30. The Bertz CT molecular complexity index is 390. The topological polar surface area (TPSA) is 32.7 Å². The molecule has 0 radical (unpaired) electrons. The van der Waals surface area contributed by atoms with Crippen LogP contribution in [0.25, 0.3) is 0 Å². The van der Waals surface area contributed by atoms with E-state index in [4.69, 9.17) is 16.3 Å². The van der Waals surface area contributed by atoms with E-state index in [-0.39, 0.29) is 0 Å². The highest BCUT2D eigenvalue weighted by Gasteiger charge is 2.16. The first-order valence-electron chi connectivity index (χ1n) is 7.35. The van der Waals surface area contributed by atoms with Crippen LogP contribution in [0.15, 0.2) is 24.3 Å². The number of aliphatic hydroxyl groups excluding tert-OH is 1. The molecule has 2 rings (SSSR count). The predicted molar refractivity (Wildman–Crippen MR) is 82.1 cm³/mol. The molecule has 1 saturated heterocycles. The number of nitrogens with zero attached hydrogens (tertiary/aromatic N) is 1. The number of hydrogen-bond donors (Lipinski definition) is 1. The number of ether oxygens (including phenoxy) is 1. The maximum atomic E-state index is 10.2. The van der Waals surface area contributed by atoms with Crippen LogP contribution in [0, 0.1) is 5.92 Å². The Morgan fingerprint density at radius 2 is 2.15 bits per heavy atom. The van der Waals surface area contributed by atoms with Crippen LogP contribution in [0.5, 0.6) is 0 Å². The van der Waals surface area contributed by atoms with Gasteiger partial charge in [0.2, 0.25) is 0 Å². The molecule has 1 fully saturated rings.